The first kappa shape index (κ1) is 20.2. The Bertz CT molecular complexity index is 727. The fourth-order valence-corrected chi connectivity index (χ4v) is 4.81. The molecule has 0 aromatic carbocycles. The van der Waals surface area contributed by atoms with Crippen molar-refractivity contribution >= 4 is 46.0 Å². The summed E-state index contributed by atoms with van der Waals surface area (Å²) in [7, 11) is 0. The van der Waals surface area contributed by atoms with Crippen molar-refractivity contribution in [3.8, 4) is 0 Å². The van der Waals surface area contributed by atoms with Crippen molar-refractivity contribution in [3.05, 3.63) is 23.7 Å². The second-order valence-corrected chi connectivity index (χ2v) is 7.71. The number of aromatic nitrogens is 1. The number of carboxylic acids is 1. The van der Waals surface area contributed by atoms with Crippen LogP contribution >= 0.6 is 23.1 Å². The summed E-state index contributed by atoms with van der Waals surface area (Å²) >= 11 is 2.55. The van der Waals surface area contributed by atoms with Gasteiger partial charge < -0.3 is 25.9 Å². The summed E-state index contributed by atoms with van der Waals surface area (Å²) in [4.78, 5) is 41.1. The van der Waals surface area contributed by atoms with Crippen molar-refractivity contribution in [3.63, 3.8) is 0 Å². The molecule has 2 unspecified atom stereocenters. The van der Waals surface area contributed by atoms with Crippen molar-refractivity contribution < 1.29 is 49.0 Å². The summed E-state index contributed by atoms with van der Waals surface area (Å²) < 4.78 is 0. The van der Waals surface area contributed by atoms with Crippen LogP contribution in [-0.4, -0.2) is 51.4 Å². The number of hydrogen-bond donors (Lipinski definition) is 2. The number of thiazole rings is 1. The van der Waals surface area contributed by atoms with E-state index in [0.29, 0.717) is 10.8 Å². The van der Waals surface area contributed by atoms with Crippen LogP contribution in [0.3, 0.4) is 0 Å². The smallest absolute Gasteiger partial charge is 0.549 e. The number of fused-ring (bicyclic) bond motifs is 1. The van der Waals surface area contributed by atoms with Crippen LogP contribution in [-0.2, 0) is 20.8 Å². The Labute approximate surface area is 174 Å². The van der Waals surface area contributed by atoms with Gasteiger partial charge in [0.25, 0.3) is 0 Å². The quantitative estimate of drug-likeness (QED) is 0.295. The molecule has 1 aromatic rings. The molecule has 0 spiro atoms. The SMILES string of the molecule is C=CC1(C(=O)[O-])CS[C@@H]2C(NC(=O)Cc3csc(N)n3)C(=O)N2C1.[Na+]. The van der Waals surface area contributed by atoms with Crippen LogP contribution in [0.4, 0.5) is 5.13 Å². The number of hydrogen-bond acceptors (Lipinski definition) is 8. The van der Waals surface area contributed by atoms with E-state index in [4.69, 9.17) is 5.73 Å². The fraction of sp³-hybridized carbons (Fsp3) is 0.429. The Kier molecular flexibility index (Phi) is 6.21. The van der Waals surface area contributed by atoms with Gasteiger partial charge in [0.1, 0.15) is 11.4 Å². The van der Waals surface area contributed by atoms with Crippen molar-refractivity contribution in [1.29, 1.82) is 0 Å². The van der Waals surface area contributed by atoms with Gasteiger partial charge in [-0.15, -0.1) is 29.7 Å². The molecule has 2 aliphatic rings. The predicted octanol–water partition coefficient (Wildman–Crippen LogP) is -4.41. The average Bonchev–Trinajstić information content (AvgIpc) is 2.96. The number of carbonyl (C=O) groups is 3. The van der Waals surface area contributed by atoms with Gasteiger partial charge >= 0.3 is 29.6 Å². The van der Waals surface area contributed by atoms with Gasteiger partial charge in [-0.3, -0.25) is 9.59 Å². The van der Waals surface area contributed by atoms with Crippen LogP contribution in [0, 0.1) is 5.41 Å². The summed E-state index contributed by atoms with van der Waals surface area (Å²) in [6, 6.07) is -0.650. The third-order valence-corrected chi connectivity index (χ3v) is 6.40. The maximum Gasteiger partial charge on any atom is 1.00 e. The normalized spacial score (nSPS) is 27.5. The molecule has 0 aliphatic carbocycles. The molecule has 2 fully saturated rings. The molecule has 0 bridgehead atoms. The van der Waals surface area contributed by atoms with Crippen molar-refractivity contribution in [2.75, 3.05) is 18.0 Å². The van der Waals surface area contributed by atoms with Crippen LogP contribution in [0.25, 0.3) is 0 Å². The molecule has 3 rings (SSSR count). The van der Waals surface area contributed by atoms with Gasteiger partial charge in [-0.25, -0.2) is 4.98 Å². The molecule has 1 aromatic heterocycles. The zero-order valence-electron chi connectivity index (χ0n) is 13.6. The number of carboxylic acid groups (broad SMARTS) is 1. The summed E-state index contributed by atoms with van der Waals surface area (Å²) in [5.74, 6) is -1.61. The fourth-order valence-electron chi connectivity index (χ4n) is 2.72. The Hall–Kier alpha value is -1.07. The topological polar surface area (TPSA) is 128 Å². The number of amides is 2. The van der Waals surface area contributed by atoms with Gasteiger partial charge in [-0.05, 0) is 0 Å². The van der Waals surface area contributed by atoms with Crippen LogP contribution in [0.15, 0.2) is 18.0 Å². The van der Waals surface area contributed by atoms with E-state index in [2.05, 4.69) is 16.9 Å². The maximum absolute atomic E-state index is 12.2. The molecular weight excluding hydrogens is 375 g/mol. The number of nitrogens with two attached hydrogens (primary N) is 1. The van der Waals surface area contributed by atoms with Crippen LogP contribution in [0.5, 0.6) is 0 Å². The molecule has 3 atom stereocenters. The number of anilines is 1. The van der Waals surface area contributed by atoms with Crippen molar-refractivity contribution in [2.24, 2.45) is 5.41 Å². The standard InChI is InChI=1S/C14H16N4O4S2.Na/c1-2-14(12(21)22)5-18-10(20)9(11(18)24-6-14)17-8(19)3-7-4-23-13(15)16-7;/h2,4,9,11H,1,3,5-6H2,(H2,15,16)(H,17,19)(H,21,22);/q;+1/p-1/t9?,11-,14?;/m1./s1. The molecule has 2 aliphatic heterocycles. The summed E-state index contributed by atoms with van der Waals surface area (Å²) in [5.41, 5.74) is 4.82. The minimum absolute atomic E-state index is 0. The van der Waals surface area contributed by atoms with Gasteiger partial charge in [0.05, 0.1) is 23.5 Å². The molecule has 3 N–H and O–H groups in total. The molecule has 8 nitrogen and oxygen atoms in total. The van der Waals surface area contributed by atoms with Crippen LogP contribution in [0.1, 0.15) is 5.69 Å². The summed E-state index contributed by atoms with van der Waals surface area (Å²) in [6.45, 7) is 3.56. The molecule has 25 heavy (non-hydrogen) atoms. The van der Waals surface area contributed by atoms with E-state index in [-0.39, 0.29) is 65.5 Å². The Morgan fingerprint density at radius 2 is 2.32 bits per heavy atom. The molecule has 0 radical (unpaired) electrons. The van der Waals surface area contributed by atoms with Crippen LogP contribution in [0.2, 0.25) is 0 Å². The Balaban J connectivity index is 0.00000225. The Morgan fingerprint density at radius 3 is 2.88 bits per heavy atom. The molecule has 2 saturated heterocycles. The van der Waals surface area contributed by atoms with E-state index in [1.165, 1.54) is 34.1 Å². The zero-order valence-corrected chi connectivity index (χ0v) is 17.2. The minimum atomic E-state index is -1.25. The van der Waals surface area contributed by atoms with E-state index in [0.717, 1.165) is 0 Å². The van der Waals surface area contributed by atoms with Gasteiger partial charge in [0.2, 0.25) is 11.8 Å². The number of nitrogen functional groups attached to an aromatic ring is 1. The van der Waals surface area contributed by atoms with E-state index < -0.39 is 17.4 Å². The van der Waals surface area contributed by atoms with Gasteiger partial charge in [0.15, 0.2) is 5.13 Å². The van der Waals surface area contributed by atoms with Gasteiger partial charge in [0, 0.05) is 17.7 Å². The maximum atomic E-state index is 12.2. The van der Waals surface area contributed by atoms with Crippen molar-refractivity contribution in [2.45, 2.75) is 17.8 Å². The average molecular weight is 390 g/mol. The number of β-lactam (4-membered cyclic amide) rings is 1. The first-order valence-electron chi connectivity index (χ1n) is 7.13. The van der Waals surface area contributed by atoms with Gasteiger partial charge in [-0.2, -0.15) is 0 Å². The number of thioether (sulfide) groups is 1. The Morgan fingerprint density at radius 1 is 1.60 bits per heavy atom. The monoisotopic (exact) mass is 390 g/mol. The first-order chi connectivity index (χ1) is 11.4. The molecule has 11 heteroatoms. The zero-order chi connectivity index (χ0) is 17.5. The summed E-state index contributed by atoms with van der Waals surface area (Å²) in [5, 5.41) is 15.8. The van der Waals surface area contributed by atoms with E-state index in [9.17, 15) is 19.5 Å². The second-order valence-electron chi connectivity index (χ2n) is 5.71. The second kappa shape index (κ2) is 7.67. The van der Waals surface area contributed by atoms with Crippen molar-refractivity contribution in [1.82, 2.24) is 15.2 Å². The largest absolute Gasteiger partial charge is 1.00 e. The summed E-state index contributed by atoms with van der Waals surface area (Å²) in [6.07, 6.45) is 1.36. The van der Waals surface area contributed by atoms with Gasteiger partial charge in [-0.1, -0.05) is 6.08 Å². The molecular formula is C14H15N4NaO4S2. The third-order valence-electron chi connectivity index (χ3n) is 4.13. The number of nitrogens with zero attached hydrogens (tertiary/aromatic N) is 2. The molecule has 3 heterocycles. The van der Waals surface area contributed by atoms with E-state index in [1.807, 2.05) is 0 Å². The van der Waals surface area contributed by atoms with Crippen LogP contribution < -0.4 is 45.7 Å². The van der Waals surface area contributed by atoms with E-state index in [1.54, 1.807) is 5.38 Å². The number of rotatable bonds is 5. The number of aliphatic carboxylic acids is 1. The predicted molar refractivity (Wildman–Crippen MR) is 87.8 cm³/mol. The number of nitrogens with one attached hydrogen (secondary N) is 1. The molecule has 128 valence electrons. The third kappa shape index (κ3) is 3.72. The minimum Gasteiger partial charge on any atom is -0.549 e. The first-order valence-corrected chi connectivity index (χ1v) is 9.05. The number of carbonyl (C=O) groups excluding carboxylic acids is 3. The van der Waals surface area contributed by atoms with E-state index >= 15 is 0 Å². The molecule has 2 amide bonds. The molecule has 0 saturated carbocycles.